The second-order valence-corrected chi connectivity index (χ2v) is 7.20. The van der Waals surface area contributed by atoms with E-state index in [4.69, 9.17) is 0 Å². The van der Waals surface area contributed by atoms with Gasteiger partial charge in [-0.1, -0.05) is 6.92 Å². The van der Waals surface area contributed by atoms with Gasteiger partial charge in [-0.2, -0.15) is 0 Å². The number of aryl methyl sites for hydroxylation is 1. The first-order valence-corrected chi connectivity index (χ1v) is 9.43. The predicted molar refractivity (Wildman–Crippen MR) is 94.9 cm³/mol. The molecule has 0 saturated carbocycles. The number of amides is 2. The first-order valence-electron chi connectivity index (χ1n) is 9.43. The van der Waals surface area contributed by atoms with E-state index >= 15 is 0 Å². The van der Waals surface area contributed by atoms with Crippen LogP contribution in [-0.2, 0) is 9.59 Å². The van der Waals surface area contributed by atoms with Crippen molar-refractivity contribution in [2.24, 2.45) is 5.92 Å². The normalized spacial score (nSPS) is 19.9. The van der Waals surface area contributed by atoms with E-state index in [1.807, 2.05) is 22.9 Å². The maximum atomic E-state index is 12.8. The Kier molecular flexibility index (Phi) is 5.66. The first kappa shape index (κ1) is 17.8. The molecule has 0 spiro atoms. The highest BCUT2D eigenvalue weighted by atomic mass is 16.2. The Bertz CT molecular complexity index is 618. The third-order valence-corrected chi connectivity index (χ3v) is 5.63. The minimum atomic E-state index is 0.0817. The SMILES string of the molecule is CCC(=O)N1CCC(C(=O)N2CCC(c3ncncc3C)CC2)CC1. The summed E-state index contributed by atoms with van der Waals surface area (Å²) in [4.78, 5) is 37.0. The lowest BCUT2D eigenvalue weighted by Gasteiger charge is -2.37. The van der Waals surface area contributed by atoms with E-state index in [2.05, 4.69) is 16.9 Å². The molecule has 0 unspecified atom stereocenters. The smallest absolute Gasteiger partial charge is 0.225 e. The summed E-state index contributed by atoms with van der Waals surface area (Å²) in [5.74, 6) is 0.989. The molecule has 0 N–H and O–H groups in total. The Labute approximate surface area is 149 Å². The average Bonchev–Trinajstić information content (AvgIpc) is 2.67. The second kappa shape index (κ2) is 7.93. The summed E-state index contributed by atoms with van der Waals surface area (Å²) in [7, 11) is 0. The van der Waals surface area contributed by atoms with Gasteiger partial charge in [0.25, 0.3) is 0 Å². The zero-order valence-electron chi connectivity index (χ0n) is 15.3. The Morgan fingerprint density at radius 1 is 1.08 bits per heavy atom. The van der Waals surface area contributed by atoms with Crippen LogP contribution in [0.2, 0.25) is 0 Å². The van der Waals surface area contributed by atoms with E-state index in [0.717, 1.165) is 63.1 Å². The van der Waals surface area contributed by atoms with Crippen molar-refractivity contribution in [2.75, 3.05) is 26.2 Å². The number of carbonyl (C=O) groups excluding carboxylic acids is 2. The van der Waals surface area contributed by atoms with Gasteiger partial charge in [0.05, 0.1) is 0 Å². The Hall–Kier alpha value is -1.98. The van der Waals surface area contributed by atoms with Gasteiger partial charge < -0.3 is 9.80 Å². The highest BCUT2D eigenvalue weighted by Crippen LogP contribution is 2.30. The quantitative estimate of drug-likeness (QED) is 0.842. The van der Waals surface area contributed by atoms with Crippen LogP contribution in [-0.4, -0.2) is 57.8 Å². The molecule has 2 amide bonds. The zero-order chi connectivity index (χ0) is 17.8. The average molecular weight is 344 g/mol. The van der Waals surface area contributed by atoms with Crippen LogP contribution in [0, 0.1) is 12.8 Å². The van der Waals surface area contributed by atoms with Gasteiger partial charge in [0, 0.05) is 56.3 Å². The van der Waals surface area contributed by atoms with Gasteiger partial charge in [-0.3, -0.25) is 9.59 Å². The Morgan fingerprint density at radius 2 is 1.72 bits per heavy atom. The molecule has 3 heterocycles. The number of hydrogen-bond acceptors (Lipinski definition) is 4. The number of rotatable bonds is 3. The maximum absolute atomic E-state index is 12.8. The second-order valence-electron chi connectivity index (χ2n) is 7.20. The number of aromatic nitrogens is 2. The van der Waals surface area contributed by atoms with Crippen LogP contribution in [0.15, 0.2) is 12.5 Å². The van der Waals surface area contributed by atoms with E-state index in [1.165, 1.54) is 0 Å². The first-order chi connectivity index (χ1) is 12.1. The van der Waals surface area contributed by atoms with Crippen molar-refractivity contribution >= 4 is 11.8 Å². The maximum Gasteiger partial charge on any atom is 0.225 e. The van der Waals surface area contributed by atoms with Crippen molar-refractivity contribution in [3.63, 3.8) is 0 Å². The molecule has 0 bridgehead atoms. The van der Waals surface area contributed by atoms with Gasteiger partial charge in [-0.05, 0) is 38.2 Å². The van der Waals surface area contributed by atoms with Crippen molar-refractivity contribution in [1.82, 2.24) is 19.8 Å². The van der Waals surface area contributed by atoms with Gasteiger partial charge in [0.15, 0.2) is 0 Å². The van der Waals surface area contributed by atoms with E-state index in [0.29, 0.717) is 12.3 Å². The molecule has 6 nitrogen and oxygen atoms in total. The van der Waals surface area contributed by atoms with Crippen molar-refractivity contribution in [3.8, 4) is 0 Å². The monoisotopic (exact) mass is 344 g/mol. The van der Waals surface area contributed by atoms with Crippen LogP contribution in [0.1, 0.15) is 56.2 Å². The lowest BCUT2D eigenvalue weighted by Crippen LogP contribution is -2.46. The zero-order valence-corrected chi connectivity index (χ0v) is 15.3. The fourth-order valence-corrected chi connectivity index (χ4v) is 4.07. The number of likely N-dealkylation sites (tertiary alicyclic amines) is 2. The predicted octanol–water partition coefficient (Wildman–Crippen LogP) is 2.14. The molecule has 2 aliphatic heterocycles. The number of piperidine rings is 2. The molecular formula is C19H28N4O2. The minimum absolute atomic E-state index is 0.0817. The summed E-state index contributed by atoms with van der Waals surface area (Å²) in [6.45, 7) is 7.00. The molecule has 3 rings (SSSR count). The minimum Gasteiger partial charge on any atom is -0.343 e. The van der Waals surface area contributed by atoms with Gasteiger partial charge >= 0.3 is 0 Å². The molecule has 0 atom stereocenters. The van der Waals surface area contributed by atoms with E-state index in [1.54, 1.807) is 6.33 Å². The molecule has 25 heavy (non-hydrogen) atoms. The largest absolute Gasteiger partial charge is 0.343 e. The van der Waals surface area contributed by atoms with E-state index in [-0.39, 0.29) is 17.7 Å². The molecule has 1 aromatic rings. The van der Waals surface area contributed by atoms with Crippen molar-refractivity contribution < 1.29 is 9.59 Å². The topological polar surface area (TPSA) is 66.4 Å². The van der Waals surface area contributed by atoms with Crippen molar-refractivity contribution in [3.05, 3.63) is 23.8 Å². The van der Waals surface area contributed by atoms with Gasteiger partial charge in [-0.25, -0.2) is 9.97 Å². The summed E-state index contributed by atoms with van der Waals surface area (Å²) >= 11 is 0. The van der Waals surface area contributed by atoms with Crippen molar-refractivity contribution in [2.45, 2.75) is 51.9 Å². The van der Waals surface area contributed by atoms with Crippen LogP contribution < -0.4 is 0 Å². The number of nitrogens with zero attached hydrogens (tertiary/aromatic N) is 4. The lowest BCUT2D eigenvalue weighted by molar-refractivity contribution is -0.141. The summed E-state index contributed by atoms with van der Waals surface area (Å²) in [6.07, 6.45) is 7.57. The van der Waals surface area contributed by atoms with E-state index < -0.39 is 0 Å². The van der Waals surface area contributed by atoms with Gasteiger partial charge in [-0.15, -0.1) is 0 Å². The summed E-state index contributed by atoms with van der Waals surface area (Å²) < 4.78 is 0. The third kappa shape index (κ3) is 3.99. The Balaban J connectivity index is 1.51. The molecule has 6 heteroatoms. The molecule has 1 aromatic heterocycles. The molecule has 2 aliphatic rings. The molecule has 2 saturated heterocycles. The number of hydrogen-bond donors (Lipinski definition) is 0. The molecule has 0 radical (unpaired) electrons. The highest BCUT2D eigenvalue weighted by molar-refractivity contribution is 5.80. The van der Waals surface area contributed by atoms with Crippen LogP contribution in [0.25, 0.3) is 0 Å². The summed E-state index contributed by atoms with van der Waals surface area (Å²) in [5.41, 5.74) is 2.27. The molecule has 0 aromatic carbocycles. The van der Waals surface area contributed by atoms with Crippen LogP contribution in [0.3, 0.4) is 0 Å². The molecular weight excluding hydrogens is 316 g/mol. The standard InChI is InChI=1S/C19H28N4O2/c1-3-17(24)22-8-6-16(7-9-22)19(25)23-10-4-15(5-11-23)18-14(2)12-20-13-21-18/h12-13,15-16H,3-11H2,1-2H3. The summed E-state index contributed by atoms with van der Waals surface area (Å²) in [5, 5.41) is 0. The van der Waals surface area contributed by atoms with Gasteiger partial charge in [0.2, 0.25) is 11.8 Å². The Morgan fingerprint density at radius 3 is 2.32 bits per heavy atom. The molecule has 0 aliphatic carbocycles. The fourth-order valence-electron chi connectivity index (χ4n) is 4.07. The lowest BCUT2D eigenvalue weighted by atomic mass is 9.89. The van der Waals surface area contributed by atoms with Crippen LogP contribution in [0.5, 0.6) is 0 Å². The van der Waals surface area contributed by atoms with E-state index in [9.17, 15) is 9.59 Å². The van der Waals surface area contributed by atoms with Crippen LogP contribution in [0.4, 0.5) is 0 Å². The molecule has 136 valence electrons. The van der Waals surface area contributed by atoms with Gasteiger partial charge in [0.1, 0.15) is 6.33 Å². The van der Waals surface area contributed by atoms with Crippen LogP contribution >= 0.6 is 0 Å². The third-order valence-electron chi connectivity index (χ3n) is 5.63. The summed E-state index contributed by atoms with van der Waals surface area (Å²) in [6, 6.07) is 0. The highest BCUT2D eigenvalue weighted by Gasteiger charge is 2.32. The van der Waals surface area contributed by atoms with Crippen molar-refractivity contribution in [1.29, 1.82) is 0 Å². The fraction of sp³-hybridized carbons (Fsp3) is 0.684. The number of carbonyl (C=O) groups is 2. The molecule has 2 fully saturated rings.